The summed E-state index contributed by atoms with van der Waals surface area (Å²) in [6.45, 7) is 3.58. The number of hydrogen-bond donors (Lipinski definition) is 1. The van der Waals surface area contributed by atoms with Gasteiger partial charge in [-0.25, -0.2) is 4.79 Å². The van der Waals surface area contributed by atoms with Crippen LogP contribution in [-0.2, 0) is 4.79 Å². The average Bonchev–Trinajstić information content (AvgIpc) is 2.54. The van der Waals surface area contributed by atoms with Gasteiger partial charge in [-0.05, 0) is 37.6 Å². The molecule has 0 aliphatic heterocycles. The van der Waals surface area contributed by atoms with Gasteiger partial charge in [-0.15, -0.1) is 0 Å². The second-order valence-electron chi connectivity index (χ2n) is 3.74. The Labute approximate surface area is 92.1 Å². The van der Waals surface area contributed by atoms with Crippen molar-refractivity contribution in [2.24, 2.45) is 0 Å². The number of hydrogen-bond acceptors (Lipinski definition) is 2. The van der Waals surface area contributed by atoms with E-state index in [0.29, 0.717) is 5.56 Å². The summed E-state index contributed by atoms with van der Waals surface area (Å²) in [7, 11) is 0. The zero-order chi connectivity index (χ0) is 11.9. The monoisotopic (exact) mass is 217 g/mol. The molecule has 0 aliphatic rings. The van der Waals surface area contributed by atoms with E-state index < -0.39 is 11.8 Å². The number of carboxylic acids is 1. The third kappa shape index (κ3) is 1.39. The van der Waals surface area contributed by atoms with Crippen molar-refractivity contribution in [3.8, 4) is 0 Å². The van der Waals surface area contributed by atoms with Gasteiger partial charge in [0, 0.05) is 11.2 Å². The fraction of sp³-hybridized carbons (Fsp3) is 0.167. The molecule has 0 fully saturated rings. The van der Waals surface area contributed by atoms with Crippen molar-refractivity contribution in [3.05, 3.63) is 41.2 Å². The van der Waals surface area contributed by atoms with Crippen LogP contribution in [0.2, 0.25) is 0 Å². The van der Waals surface area contributed by atoms with Gasteiger partial charge in [-0.3, -0.25) is 4.79 Å². The van der Waals surface area contributed by atoms with Crippen LogP contribution >= 0.6 is 0 Å². The highest BCUT2D eigenvalue weighted by atomic mass is 16.4. The van der Waals surface area contributed by atoms with Crippen LogP contribution in [0.15, 0.2) is 24.3 Å². The van der Waals surface area contributed by atoms with Crippen LogP contribution < -0.4 is 0 Å². The van der Waals surface area contributed by atoms with Crippen molar-refractivity contribution in [1.82, 2.24) is 4.40 Å². The molecule has 0 amide bonds. The number of pyridine rings is 1. The van der Waals surface area contributed by atoms with Crippen LogP contribution in [0.5, 0.6) is 0 Å². The topological polar surface area (TPSA) is 58.8 Å². The third-order valence-electron chi connectivity index (χ3n) is 2.59. The predicted octanol–water partition coefficient (Wildman–Crippen LogP) is 1.82. The predicted molar refractivity (Wildman–Crippen MR) is 58.8 cm³/mol. The van der Waals surface area contributed by atoms with Gasteiger partial charge in [-0.1, -0.05) is 6.07 Å². The molecule has 2 aromatic heterocycles. The van der Waals surface area contributed by atoms with Crippen LogP contribution in [-0.4, -0.2) is 21.3 Å². The number of aryl methyl sites for hydroxylation is 2. The van der Waals surface area contributed by atoms with Gasteiger partial charge in [0.25, 0.3) is 5.78 Å². The number of fused-ring (bicyclic) bond motifs is 1. The lowest BCUT2D eigenvalue weighted by atomic mass is 10.2. The third-order valence-corrected chi connectivity index (χ3v) is 2.59. The molecular weight excluding hydrogens is 206 g/mol. The number of nitrogens with zero attached hydrogens (tertiary/aromatic N) is 1. The molecular formula is C12H11NO3. The molecule has 0 unspecified atom stereocenters. The minimum Gasteiger partial charge on any atom is -0.475 e. The molecule has 1 N–H and O–H groups in total. The summed E-state index contributed by atoms with van der Waals surface area (Å²) in [5.41, 5.74) is 2.60. The lowest BCUT2D eigenvalue weighted by Gasteiger charge is -2.04. The Balaban J connectivity index is 2.83. The Hall–Kier alpha value is -2.10. The standard InChI is InChI=1S/C12H11NO3/c1-7-6-9-5-3-4-8(2)13(9)10(7)11(14)12(15)16/h3-6H,1-2H3,(H,15,16). The second kappa shape index (κ2) is 3.48. The first kappa shape index (κ1) is 10.4. The Morgan fingerprint density at radius 1 is 1.25 bits per heavy atom. The minimum atomic E-state index is -1.42. The molecule has 0 atom stereocenters. The lowest BCUT2D eigenvalue weighted by molar-refractivity contribution is -0.131. The largest absolute Gasteiger partial charge is 0.475 e. The molecule has 0 radical (unpaired) electrons. The number of aromatic nitrogens is 1. The Bertz CT molecular complexity index is 596. The van der Waals surface area contributed by atoms with Gasteiger partial charge in [0.1, 0.15) is 5.69 Å². The fourth-order valence-electron chi connectivity index (χ4n) is 1.91. The molecule has 16 heavy (non-hydrogen) atoms. The van der Waals surface area contributed by atoms with E-state index in [9.17, 15) is 9.59 Å². The zero-order valence-corrected chi connectivity index (χ0v) is 9.02. The molecule has 0 saturated heterocycles. The van der Waals surface area contributed by atoms with E-state index in [1.54, 1.807) is 11.3 Å². The summed E-state index contributed by atoms with van der Waals surface area (Å²) in [4.78, 5) is 22.3. The lowest BCUT2D eigenvalue weighted by Crippen LogP contribution is -2.16. The number of ketones is 1. The van der Waals surface area contributed by atoms with Gasteiger partial charge in [0.2, 0.25) is 0 Å². The van der Waals surface area contributed by atoms with Crippen molar-refractivity contribution in [2.45, 2.75) is 13.8 Å². The quantitative estimate of drug-likeness (QED) is 0.616. The van der Waals surface area contributed by atoms with Crippen LogP contribution in [0.25, 0.3) is 5.52 Å². The molecule has 0 aliphatic carbocycles. The Kier molecular flexibility index (Phi) is 2.27. The van der Waals surface area contributed by atoms with E-state index in [0.717, 1.165) is 11.2 Å². The van der Waals surface area contributed by atoms with Gasteiger partial charge in [0.05, 0.1) is 0 Å². The highest BCUT2D eigenvalue weighted by Gasteiger charge is 2.21. The molecule has 0 spiro atoms. The molecule has 0 bridgehead atoms. The first-order valence-electron chi connectivity index (χ1n) is 4.87. The maximum Gasteiger partial charge on any atom is 0.378 e. The number of carbonyl (C=O) groups is 2. The van der Waals surface area contributed by atoms with E-state index in [1.165, 1.54) is 0 Å². The molecule has 2 heterocycles. The van der Waals surface area contributed by atoms with Crippen LogP contribution in [0.4, 0.5) is 0 Å². The van der Waals surface area contributed by atoms with Crippen LogP contribution in [0, 0.1) is 13.8 Å². The van der Waals surface area contributed by atoms with Gasteiger partial charge < -0.3 is 9.51 Å². The van der Waals surface area contributed by atoms with Crippen molar-refractivity contribution in [3.63, 3.8) is 0 Å². The number of carboxylic acid groups (broad SMARTS) is 1. The van der Waals surface area contributed by atoms with Crippen molar-refractivity contribution in [1.29, 1.82) is 0 Å². The van der Waals surface area contributed by atoms with E-state index in [4.69, 9.17) is 5.11 Å². The highest BCUT2D eigenvalue weighted by Crippen LogP contribution is 2.18. The van der Waals surface area contributed by atoms with Gasteiger partial charge in [-0.2, -0.15) is 0 Å². The van der Waals surface area contributed by atoms with E-state index in [-0.39, 0.29) is 5.69 Å². The molecule has 0 aromatic carbocycles. The number of aliphatic carboxylic acids is 1. The molecule has 4 nitrogen and oxygen atoms in total. The van der Waals surface area contributed by atoms with E-state index >= 15 is 0 Å². The number of carbonyl (C=O) groups excluding carboxylic acids is 1. The first-order chi connectivity index (χ1) is 7.52. The summed E-state index contributed by atoms with van der Waals surface area (Å²) >= 11 is 0. The van der Waals surface area contributed by atoms with Gasteiger partial charge in [0.15, 0.2) is 0 Å². The van der Waals surface area contributed by atoms with Crippen molar-refractivity contribution >= 4 is 17.3 Å². The molecule has 0 saturated carbocycles. The normalized spacial score (nSPS) is 10.6. The molecule has 82 valence electrons. The van der Waals surface area contributed by atoms with Crippen molar-refractivity contribution < 1.29 is 14.7 Å². The average molecular weight is 217 g/mol. The smallest absolute Gasteiger partial charge is 0.378 e. The summed E-state index contributed by atoms with van der Waals surface area (Å²) < 4.78 is 1.67. The molecule has 4 heteroatoms. The van der Waals surface area contributed by atoms with Crippen LogP contribution in [0.3, 0.4) is 0 Å². The maximum atomic E-state index is 11.6. The summed E-state index contributed by atoms with van der Waals surface area (Å²) in [6, 6.07) is 7.37. The van der Waals surface area contributed by atoms with Gasteiger partial charge >= 0.3 is 5.97 Å². The highest BCUT2D eigenvalue weighted by molar-refractivity contribution is 6.39. The Morgan fingerprint density at radius 2 is 1.94 bits per heavy atom. The SMILES string of the molecule is Cc1cc2cccc(C)n2c1C(=O)C(=O)O. The summed E-state index contributed by atoms with van der Waals surface area (Å²) in [5, 5.41) is 8.77. The summed E-state index contributed by atoms with van der Waals surface area (Å²) in [6.07, 6.45) is 0. The Morgan fingerprint density at radius 3 is 2.56 bits per heavy atom. The second-order valence-corrected chi connectivity index (χ2v) is 3.74. The van der Waals surface area contributed by atoms with E-state index in [2.05, 4.69) is 0 Å². The zero-order valence-electron chi connectivity index (χ0n) is 9.02. The minimum absolute atomic E-state index is 0.237. The first-order valence-corrected chi connectivity index (χ1v) is 4.87. The van der Waals surface area contributed by atoms with E-state index in [1.807, 2.05) is 31.2 Å². The number of rotatable bonds is 2. The van der Waals surface area contributed by atoms with Crippen molar-refractivity contribution in [2.75, 3.05) is 0 Å². The fourth-order valence-corrected chi connectivity index (χ4v) is 1.91. The van der Waals surface area contributed by atoms with Crippen LogP contribution in [0.1, 0.15) is 21.7 Å². The molecule has 2 aromatic rings. The molecule has 2 rings (SSSR count). The number of Topliss-reactive ketones (excluding diaryl/α,β-unsaturated/α-hetero) is 1. The maximum absolute atomic E-state index is 11.6. The summed E-state index contributed by atoms with van der Waals surface area (Å²) in [5.74, 6) is -2.29.